The van der Waals surface area contributed by atoms with Gasteiger partial charge in [-0.15, -0.1) is 13.2 Å². The van der Waals surface area contributed by atoms with Crippen LogP contribution in [0.15, 0.2) is 34.8 Å². The average Bonchev–Trinajstić information content (AvgIpc) is 2.42. The van der Waals surface area contributed by atoms with Crippen LogP contribution in [-0.4, -0.2) is 12.9 Å². The lowest BCUT2D eigenvalue weighted by molar-refractivity contribution is -0.274. The second-order valence-electron chi connectivity index (χ2n) is 5.09. The van der Waals surface area contributed by atoms with Gasteiger partial charge in [0.05, 0.1) is 4.47 Å². The summed E-state index contributed by atoms with van der Waals surface area (Å²) < 4.78 is 40.7. The van der Waals surface area contributed by atoms with E-state index in [1.165, 1.54) is 12.5 Å². The quantitative estimate of drug-likeness (QED) is 0.759. The first-order valence-corrected chi connectivity index (χ1v) is 7.63. The smallest absolute Gasteiger partial charge is 0.405 e. The largest absolute Gasteiger partial charge is 0.573 e. The van der Waals surface area contributed by atoms with Crippen molar-refractivity contribution >= 4 is 15.9 Å². The van der Waals surface area contributed by atoms with Gasteiger partial charge in [-0.05, 0) is 65.4 Å². The van der Waals surface area contributed by atoms with Crippen LogP contribution in [-0.2, 0) is 6.54 Å². The summed E-state index contributed by atoms with van der Waals surface area (Å²) in [7, 11) is 0. The number of hydrogen-bond donors (Lipinski definition) is 1. The van der Waals surface area contributed by atoms with E-state index in [0.29, 0.717) is 16.9 Å². The van der Waals surface area contributed by atoms with Gasteiger partial charge in [-0.3, -0.25) is 0 Å². The minimum atomic E-state index is -4.67. The molecule has 0 aromatic heterocycles. The summed E-state index contributed by atoms with van der Waals surface area (Å²) in [6, 6.07) is 4.62. The molecule has 1 unspecified atom stereocenters. The lowest BCUT2D eigenvalue weighted by Crippen LogP contribution is -2.23. The van der Waals surface area contributed by atoms with E-state index < -0.39 is 6.36 Å². The van der Waals surface area contributed by atoms with E-state index in [1.807, 2.05) is 0 Å². The maximum atomic E-state index is 12.2. The number of ether oxygens (including phenoxy) is 1. The van der Waals surface area contributed by atoms with Crippen LogP contribution in [0.4, 0.5) is 13.2 Å². The molecule has 1 N–H and O–H groups in total. The van der Waals surface area contributed by atoms with Crippen LogP contribution >= 0.6 is 15.9 Å². The highest BCUT2D eigenvalue weighted by Gasteiger charge is 2.31. The van der Waals surface area contributed by atoms with Crippen LogP contribution in [0.1, 0.15) is 24.8 Å². The van der Waals surface area contributed by atoms with E-state index in [4.69, 9.17) is 0 Å². The van der Waals surface area contributed by atoms with Crippen molar-refractivity contribution in [1.29, 1.82) is 0 Å². The van der Waals surface area contributed by atoms with Gasteiger partial charge < -0.3 is 10.1 Å². The standard InChI is InChI=1S/C15H17BrF3NO/c16-13-8-12(6-7-14(13)21-15(17,18)19)10-20-9-11-4-2-1-3-5-11/h1-2,6-8,11,20H,3-5,9-10H2. The Hall–Kier alpha value is -1.01. The Kier molecular flexibility index (Phi) is 5.70. The number of halogens is 4. The van der Waals surface area contributed by atoms with Crippen LogP contribution in [0.2, 0.25) is 0 Å². The van der Waals surface area contributed by atoms with Gasteiger partial charge in [0.1, 0.15) is 5.75 Å². The van der Waals surface area contributed by atoms with Crippen molar-refractivity contribution in [2.75, 3.05) is 6.54 Å². The molecule has 0 aliphatic heterocycles. The van der Waals surface area contributed by atoms with Crippen molar-refractivity contribution in [2.24, 2.45) is 5.92 Å². The molecule has 1 aliphatic rings. The molecule has 0 saturated carbocycles. The molecule has 6 heteroatoms. The summed E-state index contributed by atoms with van der Waals surface area (Å²) >= 11 is 3.11. The van der Waals surface area contributed by atoms with Gasteiger partial charge in [0.15, 0.2) is 0 Å². The Bertz CT molecular complexity index is 502. The lowest BCUT2D eigenvalue weighted by Gasteiger charge is -2.18. The van der Waals surface area contributed by atoms with Gasteiger partial charge in [-0.2, -0.15) is 0 Å². The normalized spacial score (nSPS) is 18.8. The molecule has 1 aromatic carbocycles. The SMILES string of the molecule is FC(F)(F)Oc1ccc(CNCC2CC=CCC2)cc1Br. The highest BCUT2D eigenvalue weighted by Crippen LogP contribution is 2.31. The highest BCUT2D eigenvalue weighted by atomic mass is 79.9. The monoisotopic (exact) mass is 363 g/mol. The maximum absolute atomic E-state index is 12.2. The molecular formula is C15H17BrF3NO. The molecule has 2 nitrogen and oxygen atoms in total. The number of benzene rings is 1. The first-order chi connectivity index (χ1) is 9.94. The molecule has 1 aliphatic carbocycles. The molecule has 0 spiro atoms. The Balaban J connectivity index is 1.84. The molecule has 1 aromatic rings. The zero-order valence-electron chi connectivity index (χ0n) is 11.4. The van der Waals surface area contributed by atoms with Crippen molar-refractivity contribution in [3.63, 3.8) is 0 Å². The van der Waals surface area contributed by atoms with E-state index in [2.05, 4.69) is 38.1 Å². The fourth-order valence-corrected chi connectivity index (χ4v) is 2.83. The van der Waals surface area contributed by atoms with Crippen LogP contribution in [0.25, 0.3) is 0 Å². The third kappa shape index (κ3) is 5.71. The second kappa shape index (κ2) is 7.31. The third-order valence-electron chi connectivity index (χ3n) is 3.36. The second-order valence-corrected chi connectivity index (χ2v) is 5.95. The number of rotatable bonds is 5. The summed E-state index contributed by atoms with van der Waals surface area (Å²) in [5.41, 5.74) is 0.919. The minimum absolute atomic E-state index is 0.219. The van der Waals surface area contributed by atoms with E-state index >= 15 is 0 Å². The van der Waals surface area contributed by atoms with Gasteiger partial charge in [0, 0.05) is 6.54 Å². The molecule has 21 heavy (non-hydrogen) atoms. The maximum Gasteiger partial charge on any atom is 0.573 e. The summed E-state index contributed by atoms with van der Waals surface area (Å²) in [5, 5.41) is 3.35. The van der Waals surface area contributed by atoms with Crippen LogP contribution in [0.5, 0.6) is 5.75 Å². The lowest BCUT2D eigenvalue weighted by atomic mass is 9.94. The molecule has 116 valence electrons. The van der Waals surface area contributed by atoms with E-state index in [9.17, 15) is 13.2 Å². The fourth-order valence-electron chi connectivity index (χ4n) is 2.32. The first kappa shape index (κ1) is 16.4. The molecule has 0 saturated heterocycles. The molecule has 0 amide bonds. The predicted molar refractivity (Wildman–Crippen MR) is 79.0 cm³/mol. The average molecular weight is 364 g/mol. The van der Waals surface area contributed by atoms with Gasteiger partial charge in [0.25, 0.3) is 0 Å². The summed E-state index contributed by atoms with van der Waals surface area (Å²) in [6.07, 6.45) is 3.14. The molecule has 0 heterocycles. The summed E-state index contributed by atoms with van der Waals surface area (Å²) in [5.74, 6) is 0.426. The van der Waals surface area contributed by atoms with Crippen molar-refractivity contribution in [1.82, 2.24) is 5.32 Å². The van der Waals surface area contributed by atoms with Crippen LogP contribution in [0.3, 0.4) is 0 Å². The zero-order chi connectivity index (χ0) is 15.3. The van der Waals surface area contributed by atoms with Gasteiger partial charge in [-0.1, -0.05) is 18.2 Å². The van der Waals surface area contributed by atoms with Crippen molar-refractivity contribution < 1.29 is 17.9 Å². The molecular weight excluding hydrogens is 347 g/mol. The highest BCUT2D eigenvalue weighted by molar-refractivity contribution is 9.10. The molecule has 0 radical (unpaired) electrons. The van der Waals surface area contributed by atoms with Crippen molar-refractivity contribution in [3.8, 4) is 5.75 Å². The number of alkyl halides is 3. The molecule has 2 rings (SSSR count). The molecule has 0 fully saturated rings. The number of nitrogens with one attached hydrogen (secondary N) is 1. The molecule has 1 atom stereocenters. The van der Waals surface area contributed by atoms with Gasteiger partial charge >= 0.3 is 6.36 Å². The minimum Gasteiger partial charge on any atom is -0.405 e. The Labute approximate surface area is 130 Å². The fraction of sp³-hybridized carbons (Fsp3) is 0.467. The van der Waals surface area contributed by atoms with E-state index in [0.717, 1.165) is 24.9 Å². The number of hydrogen-bond acceptors (Lipinski definition) is 2. The Morgan fingerprint density at radius 2 is 2.10 bits per heavy atom. The number of allylic oxidation sites excluding steroid dienone is 2. The Morgan fingerprint density at radius 3 is 2.71 bits per heavy atom. The Morgan fingerprint density at radius 1 is 1.29 bits per heavy atom. The third-order valence-corrected chi connectivity index (χ3v) is 3.98. The zero-order valence-corrected chi connectivity index (χ0v) is 13.0. The van der Waals surface area contributed by atoms with Crippen LogP contribution in [0, 0.1) is 5.92 Å². The first-order valence-electron chi connectivity index (χ1n) is 6.84. The van der Waals surface area contributed by atoms with E-state index in [-0.39, 0.29) is 5.75 Å². The predicted octanol–water partition coefficient (Wildman–Crippen LogP) is 4.79. The summed E-state index contributed by atoms with van der Waals surface area (Å²) in [6.45, 7) is 1.55. The van der Waals surface area contributed by atoms with Gasteiger partial charge in [-0.25, -0.2) is 0 Å². The molecule has 0 bridgehead atoms. The topological polar surface area (TPSA) is 21.3 Å². The van der Waals surface area contributed by atoms with Crippen molar-refractivity contribution in [3.05, 3.63) is 40.4 Å². The summed E-state index contributed by atoms with van der Waals surface area (Å²) in [4.78, 5) is 0. The van der Waals surface area contributed by atoms with E-state index in [1.54, 1.807) is 12.1 Å². The van der Waals surface area contributed by atoms with Crippen molar-refractivity contribution in [2.45, 2.75) is 32.2 Å². The van der Waals surface area contributed by atoms with Gasteiger partial charge in [0.2, 0.25) is 0 Å². The van der Waals surface area contributed by atoms with Crippen LogP contribution < -0.4 is 10.1 Å².